The number of anilines is 1. The Labute approximate surface area is 171 Å². The summed E-state index contributed by atoms with van der Waals surface area (Å²) in [6.07, 6.45) is 1.23. The summed E-state index contributed by atoms with van der Waals surface area (Å²) in [5.74, 6) is 0. The molecule has 0 aliphatic rings. The van der Waals surface area contributed by atoms with Crippen LogP contribution in [-0.4, -0.2) is 36.5 Å². The van der Waals surface area contributed by atoms with Crippen LogP contribution in [0.15, 0.2) is 70.5 Å². The molecule has 0 unspecified atom stereocenters. The summed E-state index contributed by atoms with van der Waals surface area (Å²) in [4.78, 5) is 12.2. The van der Waals surface area contributed by atoms with Gasteiger partial charge in [-0.15, -0.1) is 0 Å². The molecular formula is C18H15Cl2N3O4S. The molecule has 0 aliphatic carbocycles. The smallest absolute Gasteiger partial charge is 0.291 e. The number of aromatic nitrogens is 2. The zero-order valence-corrected chi connectivity index (χ0v) is 16.7. The van der Waals surface area contributed by atoms with Crippen LogP contribution >= 0.6 is 23.2 Å². The fraction of sp³-hybridized carbons (Fsp3) is 0.111. The van der Waals surface area contributed by atoms with E-state index in [0.717, 1.165) is 8.99 Å². The molecule has 0 saturated carbocycles. The highest BCUT2D eigenvalue weighted by Crippen LogP contribution is 2.24. The van der Waals surface area contributed by atoms with Crippen molar-refractivity contribution in [2.45, 2.75) is 4.90 Å². The van der Waals surface area contributed by atoms with E-state index in [9.17, 15) is 18.3 Å². The molecule has 3 aromatic rings. The molecule has 0 bridgehead atoms. The maximum atomic E-state index is 13.0. The molecule has 0 amide bonds. The largest absolute Gasteiger partial charge is 0.394 e. The van der Waals surface area contributed by atoms with Gasteiger partial charge in [0, 0.05) is 0 Å². The number of nitrogens with zero attached hydrogens (tertiary/aromatic N) is 3. The van der Waals surface area contributed by atoms with Gasteiger partial charge in [-0.1, -0.05) is 41.4 Å². The number of sulfonamides is 1. The Morgan fingerprint density at radius 3 is 2.29 bits per heavy atom. The number of hydrogen-bond acceptors (Lipinski definition) is 5. The van der Waals surface area contributed by atoms with E-state index in [1.54, 1.807) is 30.3 Å². The van der Waals surface area contributed by atoms with Gasteiger partial charge >= 0.3 is 0 Å². The first-order chi connectivity index (χ1) is 13.4. The molecule has 0 saturated heterocycles. The maximum Gasteiger partial charge on any atom is 0.291 e. The van der Waals surface area contributed by atoms with Crippen LogP contribution in [0.3, 0.4) is 0 Å². The number of aliphatic hydroxyl groups is 1. The molecule has 0 spiro atoms. The summed E-state index contributed by atoms with van der Waals surface area (Å²) in [7, 11) is -3.92. The minimum absolute atomic E-state index is 0.00154. The molecule has 0 fully saturated rings. The monoisotopic (exact) mass is 439 g/mol. The number of halogens is 2. The molecule has 2 aromatic carbocycles. The summed E-state index contributed by atoms with van der Waals surface area (Å²) >= 11 is 11.6. The van der Waals surface area contributed by atoms with Crippen molar-refractivity contribution in [2.24, 2.45) is 0 Å². The van der Waals surface area contributed by atoms with E-state index < -0.39 is 15.6 Å². The second kappa shape index (κ2) is 8.32. The van der Waals surface area contributed by atoms with Crippen molar-refractivity contribution in [1.29, 1.82) is 0 Å². The zero-order chi connectivity index (χ0) is 20.3. The highest BCUT2D eigenvalue weighted by atomic mass is 35.5. The van der Waals surface area contributed by atoms with E-state index in [-0.39, 0.29) is 28.1 Å². The zero-order valence-electron chi connectivity index (χ0n) is 14.4. The van der Waals surface area contributed by atoms with Gasteiger partial charge in [0.15, 0.2) is 0 Å². The molecular weight excluding hydrogens is 425 g/mol. The molecule has 0 atom stereocenters. The van der Waals surface area contributed by atoms with Gasteiger partial charge in [0.1, 0.15) is 5.02 Å². The molecule has 1 heterocycles. The lowest BCUT2D eigenvalue weighted by Gasteiger charge is -2.23. The molecule has 10 heteroatoms. The highest BCUT2D eigenvalue weighted by molar-refractivity contribution is 7.92. The minimum atomic E-state index is -3.92. The molecule has 1 N–H and O–H groups in total. The molecule has 7 nitrogen and oxygen atoms in total. The lowest BCUT2D eigenvalue weighted by molar-refractivity contribution is 0.306. The first-order valence-electron chi connectivity index (χ1n) is 8.08. The van der Waals surface area contributed by atoms with Crippen molar-refractivity contribution >= 4 is 38.9 Å². The third-order valence-corrected chi connectivity index (χ3v) is 6.48. The van der Waals surface area contributed by atoms with Crippen molar-refractivity contribution in [2.75, 3.05) is 17.5 Å². The van der Waals surface area contributed by atoms with Crippen LogP contribution in [0.1, 0.15) is 0 Å². The molecule has 3 rings (SSSR count). The Morgan fingerprint density at radius 2 is 1.68 bits per heavy atom. The van der Waals surface area contributed by atoms with Gasteiger partial charge in [-0.3, -0.25) is 9.10 Å². The second-order valence-electron chi connectivity index (χ2n) is 5.65. The Balaban J connectivity index is 2.00. The van der Waals surface area contributed by atoms with Crippen molar-refractivity contribution in [3.63, 3.8) is 0 Å². The number of benzene rings is 2. The number of hydrogen-bond donors (Lipinski definition) is 1. The molecule has 0 radical (unpaired) electrons. The van der Waals surface area contributed by atoms with Crippen LogP contribution in [0.5, 0.6) is 0 Å². The third kappa shape index (κ3) is 3.90. The first kappa shape index (κ1) is 20.3. The van der Waals surface area contributed by atoms with E-state index in [2.05, 4.69) is 5.10 Å². The third-order valence-electron chi connectivity index (χ3n) is 3.89. The van der Waals surface area contributed by atoms with Crippen LogP contribution in [0.4, 0.5) is 5.69 Å². The predicted octanol–water partition coefficient (Wildman–Crippen LogP) is 2.73. The van der Waals surface area contributed by atoms with Crippen LogP contribution < -0.4 is 9.86 Å². The van der Waals surface area contributed by atoms with Gasteiger partial charge in [-0.2, -0.15) is 9.78 Å². The summed E-state index contributed by atoms with van der Waals surface area (Å²) < 4.78 is 28.2. The van der Waals surface area contributed by atoms with Gasteiger partial charge in [0.25, 0.3) is 15.6 Å². The minimum Gasteiger partial charge on any atom is -0.394 e. The van der Waals surface area contributed by atoms with Gasteiger partial charge in [0.2, 0.25) is 0 Å². The first-order valence-corrected chi connectivity index (χ1v) is 10.3. The van der Waals surface area contributed by atoms with E-state index in [1.807, 2.05) is 0 Å². The van der Waals surface area contributed by atoms with Crippen LogP contribution in [0.25, 0.3) is 5.69 Å². The Hall–Kier alpha value is -2.39. The SMILES string of the molecule is O=c1c(Cl)c(Cl)cnn1-c1ccc(S(=O)(=O)N(CCO)c2ccccc2)cc1. The summed E-state index contributed by atoms with van der Waals surface area (Å²) in [5.41, 5.74) is 0.148. The highest BCUT2D eigenvalue weighted by Gasteiger charge is 2.24. The van der Waals surface area contributed by atoms with Crippen molar-refractivity contribution in [1.82, 2.24) is 9.78 Å². The van der Waals surface area contributed by atoms with Gasteiger partial charge < -0.3 is 5.11 Å². The molecule has 146 valence electrons. The molecule has 1 aromatic heterocycles. The fourth-order valence-corrected chi connectivity index (χ4v) is 4.27. The Morgan fingerprint density at radius 1 is 1.04 bits per heavy atom. The van der Waals surface area contributed by atoms with Gasteiger partial charge in [0.05, 0.1) is 40.6 Å². The van der Waals surface area contributed by atoms with Crippen LogP contribution in [0, 0.1) is 0 Å². The summed E-state index contributed by atoms with van der Waals surface area (Å²) in [5, 5.41) is 13.1. The lowest BCUT2D eigenvalue weighted by atomic mass is 10.3. The fourth-order valence-electron chi connectivity index (χ4n) is 2.56. The van der Waals surface area contributed by atoms with E-state index in [4.69, 9.17) is 23.2 Å². The van der Waals surface area contributed by atoms with Gasteiger partial charge in [-0.05, 0) is 36.4 Å². The predicted molar refractivity (Wildman–Crippen MR) is 108 cm³/mol. The van der Waals surface area contributed by atoms with Crippen LogP contribution in [-0.2, 0) is 10.0 Å². The average molecular weight is 440 g/mol. The summed E-state index contributed by atoms with van der Waals surface area (Å²) in [6.45, 7) is -0.434. The lowest BCUT2D eigenvalue weighted by Crippen LogP contribution is -2.33. The summed E-state index contributed by atoms with van der Waals surface area (Å²) in [6, 6.07) is 14.1. The maximum absolute atomic E-state index is 13.0. The van der Waals surface area contributed by atoms with Crippen LogP contribution in [0.2, 0.25) is 10.0 Å². The standard InChI is InChI=1S/C18H15Cl2N3O4S/c19-16-12-21-23(18(25)17(16)20)14-6-8-15(9-7-14)28(26,27)22(10-11-24)13-4-2-1-3-5-13/h1-9,12,24H,10-11H2. The topological polar surface area (TPSA) is 92.5 Å². The number of aliphatic hydroxyl groups excluding tert-OH is 1. The quantitative estimate of drug-likeness (QED) is 0.637. The normalized spacial score (nSPS) is 11.4. The Bertz CT molecular complexity index is 1130. The van der Waals surface area contributed by atoms with E-state index in [0.29, 0.717) is 11.4 Å². The second-order valence-corrected chi connectivity index (χ2v) is 8.30. The number of rotatable bonds is 6. The van der Waals surface area contributed by atoms with Crippen molar-refractivity contribution in [3.05, 3.63) is 81.2 Å². The van der Waals surface area contributed by atoms with E-state index >= 15 is 0 Å². The Kier molecular flexibility index (Phi) is 6.04. The van der Waals surface area contributed by atoms with Gasteiger partial charge in [-0.25, -0.2) is 8.42 Å². The molecule has 28 heavy (non-hydrogen) atoms. The average Bonchev–Trinajstić information content (AvgIpc) is 2.71. The van der Waals surface area contributed by atoms with Crippen molar-refractivity contribution in [3.8, 4) is 5.69 Å². The number of para-hydroxylation sites is 1. The van der Waals surface area contributed by atoms with E-state index in [1.165, 1.54) is 30.5 Å². The van der Waals surface area contributed by atoms with Crippen molar-refractivity contribution < 1.29 is 13.5 Å². The molecule has 0 aliphatic heterocycles.